The quantitative estimate of drug-likeness (QED) is 0.215. The van der Waals surface area contributed by atoms with E-state index in [-0.39, 0.29) is 47.6 Å². The van der Waals surface area contributed by atoms with Crippen molar-refractivity contribution in [2.24, 2.45) is 81.7 Å². The Morgan fingerprint density at radius 3 is 2.57 bits per heavy atom. The topological polar surface area (TPSA) is 105 Å². The molecule has 7 aliphatic carbocycles. The summed E-state index contributed by atoms with van der Waals surface area (Å²) in [5.41, 5.74) is 11.6. The van der Waals surface area contributed by atoms with Gasteiger partial charge in [0, 0.05) is 54.2 Å². The van der Waals surface area contributed by atoms with Crippen LogP contribution in [0.5, 0.6) is 0 Å². The summed E-state index contributed by atoms with van der Waals surface area (Å²) in [6, 6.07) is 7.49. The molecule has 7 aliphatic heterocycles. The first kappa shape index (κ1) is 42.1. The number of hydrogen-bond donors (Lipinski definition) is 2. The van der Waals surface area contributed by atoms with E-state index in [1.165, 1.54) is 81.8 Å². The van der Waals surface area contributed by atoms with Gasteiger partial charge in [0.2, 0.25) is 0 Å². The maximum absolute atomic E-state index is 16.5. The molecular weight excluding hydrogens is 843 g/mol. The Bertz CT molecular complexity index is 2520. The lowest BCUT2D eigenvalue weighted by Crippen LogP contribution is -2.78. The summed E-state index contributed by atoms with van der Waals surface area (Å²) in [5.74, 6) is 3.90. The van der Waals surface area contributed by atoms with E-state index in [4.69, 9.17) is 15.2 Å². The van der Waals surface area contributed by atoms with E-state index < -0.39 is 16.4 Å². The van der Waals surface area contributed by atoms with Gasteiger partial charge >= 0.3 is 11.9 Å². The molecule has 8 heteroatoms. The van der Waals surface area contributed by atoms with Crippen molar-refractivity contribution in [2.75, 3.05) is 19.6 Å². The Morgan fingerprint density at radius 1 is 0.897 bits per heavy atom. The number of nitrogens with two attached hydrogens (primary N) is 1. The predicted molar refractivity (Wildman–Crippen MR) is 260 cm³/mol. The molecule has 14 aliphatic rings. The fraction of sp³-hybridized carbons (Fsp3) is 0.700. The molecule has 3 N–H and O–H groups in total. The van der Waals surface area contributed by atoms with Gasteiger partial charge in [-0.15, -0.1) is 0 Å². The number of benzene rings is 1. The summed E-state index contributed by atoms with van der Waals surface area (Å²) < 4.78 is 14.7. The Morgan fingerprint density at radius 2 is 1.74 bits per heavy atom. The molecule has 3 saturated carbocycles. The molecule has 0 amide bonds. The molecule has 3 spiro atoms. The van der Waals surface area contributed by atoms with Crippen LogP contribution in [0, 0.1) is 75.9 Å². The van der Waals surface area contributed by atoms with Crippen LogP contribution in [0.25, 0.3) is 0 Å². The van der Waals surface area contributed by atoms with E-state index in [1.807, 2.05) is 0 Å². The highest BCUT2D eigenvalue weighted by molar-refractivity contribution is 6.00. The monoisotopic (exact) mass is 918 g/mol. The lowest BCUT2D eigenvalue weighted by Gasteiger charge is -2.73. The summed E-state index contributed by atoms with van der Waals surface area (Å²) in [4.78, 5) is 37.6. The molecule has 4 saturated heterocycles. The Hall–Kier alpha value is -3.62. The zero-order valence-corrected chi connectivity index (χ0v) is 40.6. The van der Waals surface area contributed by atoms with Crippen molar-refractivity contribution in [3.05, 3.63) is 93.1 Å². The minimum atomic E-state index is -1.14. The molecule has 0 aromatic heterocycles. The highest BCUT2D eigenvalue weighted by atomic mass is 16.6. The third-order valence-electron chi connectivity index (χ3n) is 23.0. The molecule has 0 radical (unpaired) electrons. The summed E-state index contributed by atoms with van der Waals surface area (Å²) in [7, 11) is 0. The lowest BCUT2D eigenvalue weighted by atomic mass is 9.27. The van der Waals surface area contributed by atoms with Gasteiger partial charge in [-0.1, -0.05) is 106 Å². The fourth-order valence-electron chi connectivity index (χ4n) is 20.7. The van der Waals surface area contributed by atoms with Gasteiger partial charge < -0.3 is 25.2 Å². The predicted octanol–water partition coefficient (Wildman–Crippen LogP) is 11.0. The van der Waals surface area contributed by atoms with Crippen LogP contribution in [0.1, 0.15) is 157 Å². The van der Waals surface area contributed by atoms with Gasteiger partial charge in [-0.3, -0.25) is 9.69 Å². The number of carbonyl (C=O) groups excluding carboxylic acids is 2. The molecule has 68 heavy (non-hydrogen) atoms. The Balaban J connectivity index is 1.03. The molecule has 7 bridgehead atoms. The number of aliphatic hydroxyl groups excluding tert-OH is 1. The van der Waals surface area contributed by atoms with E-state index in [9.17, 15) is 5.11 Å². The molecule has 15 unspecified atom stereocenters. The number of carbonyl (C=O) groups is 2. The summed E-state index contributed by atoms with van der Waals surface area (Å²) >= 11 is 0. The summed E-state index contributed by atoms with van der Waals surface area (Å²) in [6.45, 7) is 5.27. The average molecular weight is 918 g/mol. The van der Waals surface area contributed by atoms with Crippen LogP contribution in [0.15, 0.2) is 76.4 Å². The minimum Gasteiger partial charge on any atom is -0.508 e. The number of nitrogens with zero attached hydrogens (tertiary/aromatic N) is 2. The first-order valence-corrected chi connectivity index (χ1v) is 28.4. The van der Waals surface area contributed by atoms with Crippen molar-refractivity contribution in [1.82, 2.24) is 9.80 Å². The zero-order valence-electron chi connectivity index (χ0n) is 40.6. The first-order valence-electron chi connectivity index (χ1n) is 28.4. The van der Waals surface area contributed by atoms with E-state index >= 15 is 9.59 Å². The van der Waals surface area contributed by atoms with Gasteiger partial charge in [-0.25, -0.2) is 4.79 Å². The van der Waals surface area contributed by atoms with Gasteiger partial charge in [-0.05, 0) is 154 Å². The number of piperidine rings is 3. The average Bonchev–Trinajstić information content (AvgIpc) is 3.81. The van der Waals surface area contributed by atoms with Crippen LogP contribution >= 0.6 is 0 Å². The van der Waals surface area contributed by atoms with Gasteiger partial charge in [0.25, 0.3) is 0 Å². The van der Waals surface area contributed by atoms with Crippen molar-refractivity contribution in [3.63, 3.8) is 0 Å². The van der Waals surface area contributed by atoms with Crippen LogP contribution in [0.3, 0.4) is 0 Å². The van der Waals surface area contributed by atoms with Crippen LogP contribution in [-0.4, -0.2) is 64.6 Å². The molecule has 7 heterocycles. The van der Waals surface area contributed by atoms with Gasteiger partial charge in [0.05, 0.1) is 17.0 Å². The highest BCUT2D eigenvalue weighted by Crippen LogP contribution is 2.88. The molecule has 8 nitrogen and oxygen atoms in total. The standard InChI is InChI=1S/C60H75N3O5/c1-33-26-39-19-21-47-40-28-41-32-63(47)53(39)51-43-23-24-58-55(54(64)42-20-22-46(41)62(31-40)48(42)27-34-10-4-2-5-11-34)67-57(66)59(58)49(60(58)45-16-8-14-36(15-9-25-61)50(45)56(65)68-60)30-37(35-12-6-3-7-13-35)17-18-38(52(43)59)29-44(33)51/h8,14,16-19,21,33-35,37-38,40-42,44,46-49,51,64H,2-7,9-13,15,20,22-32,61H2,1H3. The van der Waals surface area contributed by atoms with Crippen LogP contribution < -0.4 is 5.73 Å². The molecular formula is C60H75N3O5. The second kappa shape index (κ2) is 15.0. The molecule has 1 aromatic carbocycles. The third-order valence-corrected chi connectivity index (χ3v) is 23.0. The summed E-state index contributed by atoms with van der Waals surface area (Å²) in [6.07, 6.45) is 33.3. The van der Waals surface area contributed by atoms with Gasteiger partial charge in [0.1, 0.15) is 11.2 Å². The van der Waals surface area contributed by atoms with Gasteiger partial charge in [-0.2, -0.15) is 0 Å². The van der Waals surface area contributed by atoms with Crippen molar-refractivity contribution < 1.29 is 24.2 Å². The Kier molecular flexibility index (Phi) is 9.26. The highest BCUT2D eigenvalue weighted by Gasteiger charge is 2.94. The zero-order chi connectivity index (χ0) is 45.4. The second-order valence-electron chi connectivity index (χ2n) is 25.4. The molecule has 7 fully saturated rings. The second-order valence-corrected chi connectivity index (χ2v) is 25.4. The molecule has 15 rings (SSSR count). The fourth-order valence-corrected chi connectivity index (χ4v) is 20.7. The molecule has 360 valence electrons. The largest absolute Gasteiger partial charge is 0.508 e. The maximum atomic E-state index is 16.5. The van der Waals surface area contributed by atoms with E-state index in [1.54, 1.807) is 11.3 Å². The van der Waals surface area contributed by atoms with Crippen LogP contribution in [0.4, 0.5) is 0 Å². The third kappa shape index (κ3) is 5.11. The number of aryl methyl sites for hydroxylation is 1. The van der Waals surface area contributed by atoms with Crippen LogP contribution in [0.2, 0.25) is 0 Å². The smallest absolute Gasteiger partial charge is 0.339 e. The van der Waals surface area contributed by atoms with Gasteiger partial charge in [0.15, 0.2) is 11.4 Å². The van der Waals surface area contributed by atoms with E-state index in [2.05, 4.69) is 59.2 Å². The lowest BCUT2D eigenvalue weighted by molar-refractivity contribution is -0.282. The van der Waals surface area contributed by atoms with Crippen molar-refractivity contribution in [3.8, 4) is 0 Å². The normalized spacial score (nSPS) is 45.2. The number of allylic oxidation sites excluding steroid dienone is 5. The number of ether oxygens (including phenoxy) is 2. The number of aliphatic hydroxyl groups is 1. The first-order chi connectivity index (χ1) is 33.3. The number of hydrogen-bond acceptors (Lipinski definition) is 8. The van der Waals surface area contributed by atoms with Crippen LogP contribution in [-0.2, 0) is 26.3 Å². The minimum absolute atomic E-state index is 0.0943. The number of fused-ring (bicyclic) bond motifs is 8. The van der Waals surface area contributed by atoms with E-state index in [0.29, 0.717) is 84.1 Å². The SMILES string of the molecule is CC1CC2=C3C4C5=C6C(C=CC(C7CCCCC7)CC7C68C(=O)OC(=C(O)C6CCC9C%10CC(CN9C6CC6CCCCC6)C(C=C2)N3C%10)C8(CC5)C72OC(=O)c3c(CCCN)cccc32)CC14. The number of rotatable bonds is 6. The van der Waals surface area contributed by atoms with Crippen molar-refractivity contribution in [2.45, 2.75) is 165 Å². The summed E-state index contributed by atoms with van der Waals surface area (Å²) in [5, 5.41) is 13.9. The maximum Gasteiger partial charge on any atom is 0.339 e. The Labute approximate surface area is 404 Å². The van der Waals surface area contributed by atoms with Crippen molar-refractivity contribution >= 4 is 11.9 Å². The van der Waals surface area contributed by atoms with Crippen molar-refractivity contribution in [1.29, 1.82) is 0 Å². The molecule has 1 aromatic rings. The number of esters is 2. The van der Waals surface area contributed by atoms with E-state index in [0.717, 1.165) is 75.6 Å². The molecule has 15 atom stereocenters.